The molecule has 128 valence electrons. The lowest BCUT2D eigenvalue weighted by molar-refractivity contribution is -0.137. The van der Waals surface area contributed by atoms with Gasteiger partial charge in [0, 0.05) is 26.1 Å². The highest BCUT2D eigenvalue weighted by molar-refractivity contribution is 5.74. The van der Waals surface area contributed by atoms with E-state index < -0.39 is 18.1 Å². The predicted molar refractivity (Wildman–Crippen MR) is 85.2 cm³/mol. The summed E-state index contributed by atoms with van der Waals surface area (Å²) in [5.41, 5.74) is 1.02. The number of aliphatic carboxylic acids is 1. The average Bonchev–Trinajstić information content (AvgIpc) is 2.52. The molecule has 1 unspecified atom stereocenters. The number of urea groups is 1. The number of carboxylic acids is 1. The molecule has 23 heavy (non-hydrogen) atoms. The van der Waals surface area contributed by atoms with Crippen molar-refractivity contribution in [2.45, 2.75) is 31.4 Å². The van der Waals surface area contributed by atoms with Crippen molar-refractivity contribution in [3.8, 4) is 0 Å². The SMILES string of the molecule is COC[C@H](O)CNC(=O)NC(CCC(=O)O)Cc1ccccc1. The lowest BCUT2D eigenvalue weighted by Gasteiger charge is -2.19. The number of aliphatic hydroxyl groups excluding tert-OH is 1. The van der Waals surface area contributed by atoms with E-state index in [0.29, 0.717) is 12.8 Å². The largest absolute Gasteiger partial charge is 0.481 e. The number of aliphatic hydroxyl groups is 1. The maximum absolute atomic E-state index is 11.9. The van der Waals surface area contributed by atoms with Crippen molar-refractivity contribution in [2.24, 2.45) is 0 Å². The van der Waals surface area contributed by atoms with Crippen molar-refractivity contribution in [3.05, 3.63) is 35.9 Å². The molecule has 7 heteroatoms. The van der Waals surface area contributed by atoms with E-state index in [9.17, 15) is 14.7 Å². The third-order valence-corrected chi connectivity index (χ3v) is 3.22. The number of rotatable bonds is 10. The Morgan fingerprint density at radius 1 is 1.26 bits per heavy atom. The molecule has 0 aromatic heterocycles. The maximum atomic E-state index is 11.9. The van der Waals surface area contributed by atoms with Crippen molar-refractivity contribution in [1.29, 1.82) is 0 Å². The molecule has 1 aromatic rings. The van der Waals surface area contributed by atoms with E-state index in [2.05, 4.69) is 10.6 Å². The van der Waals surface area contributed by atoms with E-state index in [0.717, 1.165) is 5.56 Å². The van der Waals surface area contributed by atoms with E-state index in [1.165, 1.54) is 7.11 Å². The van der Waals surface area contributed by atoms with Gasteiger partial charge in [0.25, 0.3) is 0 Å². The molecule has 0 radical (unpaired) electrons. The molecule has 7 nitrogen and oxygen atoms in total. The molecule has 0 fully saturated rings. The summed E-state index contributed by atoms with van der Waals surface area (Å²) >= 11 is 0. The highest BCUT2D eigenvalue weighted by Crippen LogP contribution is 2.08. The zero-order chi connectivity index (χ0) is 17.1. The summed E-state index contributed by atoms with van der Waals surface area (Å²) < 4.78 is 4.77. The quantitative estimate of drug-likeness (QED) is 0.508. The lowest BCUT2D eigenvalue weighted by atomic mass is 10.0. The molecule has 2 amide bonds. The summed E-state index contributed by atoms with van der Waals surface area (Å²) in [7, 11) is 1.46. The molecular weight excluding hydrogens is 300 g/mol. The Hall–Kier alpha value is -2.12. The Balaban J connectivity index is 2.50. The lowest BCUT2D eigenvalue weighted by Crippen LogP contribution is -2.46. The zero-order valence-electron chi connectivity index (χ0n) is 13.2. The second kappa shape index (κ2) is 10.6. The highest BCUT2D eigenvalue weighted by Gasteiger charge is 2.15. The molecule has 4 N–H and O–H groups in total. The number of carbonyl (C=O) groups is 2. The van der Waals surface area contributed by atoms with E-state index in [1.54, 1.807) is 0 Å². The van der Waals surface area contributed by atoms with Crippen molar-refractivity contribution >= 4 is 12.0 Å². The average molecular weight is 324 g/mol. The molecular formula is C16H24N2O5. The fraction of sp³-hybridized carbons (Fsp3) is 0.500. The van der Waals surface area contributed by atoms with E-state index in [4.69, 9.17) is 9.84 Å². The van der Waals surface area contributed by atoms with Crippen LogP contribution < -0.4 is 10.6 Å². The van der Waals surface area contributed by atoms with Gasteiger partial charge in [-0.05, 0) is 18.4 Å². The molecule has 0 aliphatic heterocycles. The van der Waals surface area contributed by atoms with Crippen molar-refractivity contribution < 1.29 is 24.5 Å². The van der Waals surface area contributed by atoms with Gasteiger partial charge in [0.2, 0.25) is 0 Å². The van der Waals surface area contributed by atoms with Gasteiger partial charge in [-0.2, -0.15) is 0 Å². The first-order valence-corrected chi connectivity index (χ1v) is 7.48. The van der Waals surface area contributed by atoms with Gasteiger partial charge in [0.1, 0.15) is 0 Å². The Morgan fingerprint density at radius 3 is 2.57 bits per heavy atom. The van der Waals surface area contributed by atoms with Gasteiger partial charge >= 0.3 is 12.0 Å². The molecule has 1 rings (SSSR count). The van der Waals surface area contributed by atoms with E-state index >= 15 is 0 Å². The van der Waals surface area contributed by atoms with Crippen LogP contribution in [0.2, 0.25) is 0 Å². The molecule has 0 bridgehead atoms. The third-order valence-electron chi connectivity index (χ3n) is 3.22. The van der Waals surface area contributed by atoms with Crippen LogP contribution in [0.5, 0.6) is 0 Å². The zero-order valence-corrected chi connectivity index (χ0v) is 13.2. The number of benzene rings is 1. The van der Waals surface area contributed by atoms with Crippen molar-refractivity contribution in [3.63, 3.8) is 0 Å². The smallest absolute Gasteiger partial charge is 0.315 e. The number of carbonyl (C=O) groups excluding carboxylic acids is 1. The molecule has 0 spiro atoms. The second-order valence-electron chi connectivity index (χ2n) is 5.28. The number of hydrogen-bond acceptors (Lipinski definition) is 4. The first-order valence-electron chi connectivity index (χ1n) is 7.48. The van der Waals surface area contributed by atoms with E-state index in [1.807, 2.05) is 30.3 Å². The molecule has 0 aliphatic carbocycles. The predicted octanol–water partition coefficient (Wildman–Crippen LogP) is 0.769. The number of hydrogen-bond donors (Lipinski definition) is 4. The number of nitrogens with one attached hydrogen (secondary N) is 2. The summed E-state index contributed by atoms with van der Waals surface area (Å²) in [6, 6.07) is 8.80. The van der Waals surface area contributed by atoms with Gasteiger partial charge in [0.05, 0.1) is 12.7 Å². The van der Waals surface area contributed by atoms with Crippen LogP contribution in [0.1, 0.15) is 18.4 Å². The second-order valence-corrected chi connectivity index (χ2v) is 5.28. The van der Waals surface area contributed by atoms with Gasteiger partial charge in [0.15, 0.2) is 0 Å². The number of carboxylic acid groups (broad SMARTS) is 1. The van der Waals surface area contributed by atoms with Gasteiger partial charge in [-0.3, -0.25) is 4.79 Å². The van der Waals surface area contributed by atoms with Gasteiger partial charge in [-0.1, -0.05) is 30.3 Å². The van der Waals surface area contributed by atoms with Crippen LogP contribution in [-0.2, 0) is 16.0 Å². The number of methoxy groups -OCH3 is 1. The first kappa shape index (κ1) is 18.9. The Bertz CT molecular complexity index is 481. The minimum Gasteiger partial charge on any atom is -0.481 e. The molecule has 0 saturated carbocycles. The molecule has 2 atom stereocenters. The summed E-state index contributed by atoms with van der Waals surface area (Å²) in [6.07, 6.45) is 0.0715. The Labute approximate surface area is 135 Å². The monoisotopic (exact) mass is 324 g/mol. The van der Waals surface area contributed by atoms with Crippen LogP contribution in [0.3, 0.4) is 0 Å². The molecule has 0 saturated heterocycles. The van der Waals surface area contributed by atoms with Crippen LogP contribution in [0.15, 0.2) is 30.3 Å². The standard InChI is InChI=1S/C16H24N2O5/c1-23-11-14(19)10-17-16(22)18-13(7-8-15(20)21)9-12-5-3-2-4-6-12/h2-6,13-14,19H,7-11H2,1H3,(H,20,21)(H2,17,18,22)/t13?,14-/m1/s1. The summed E-state index contributed by atoms with van der Waals surface area (Å²) in [5.74, 6) is -0.902. The van der Waals surface area contributed by atoms with Crippen LogP contribution in [-0.4, -0.2) is 54.6 Å². The number of ether oxygens (including phenoxy) is 1. The van der Waals surface area contributed by atoms with Gasteiger partial charge in [-0.25, -0.2) is 4.79 Å². The minimum absolute atomic E-state index is 0.0237. The van der Waals surface area contributed by atoms with E-state index in [-0.39, 0.29) is 25.6 Å². The van der Waals surface area contributed by atoms with Crippen molar-refractivity contribution in [2.75, 3.05) is 20.3 Å². The van der Waals surface area contributed by atoms with Gasteiger partial charge < -0.3 is 25.6 Å². The van der Waals surface area contributed by atoms with Crippen molar-refractivity contribution in [1.82, 2.24) is 10.6 Å². The first-order chi connectivity index (χ1) is 11.0. The van der Waals surface area contributed by atoms with Crippen LogP contribution in [0.4, 0.5) is 4.79 Å². The maximum Gasteiger partial charge on any atom is 0.315 e. The topological polar surface area (TPSA) is 108 Å². The van der Waals surface area contributed by atoms with Crippen LogP contribution >= 0.6 is 0 Å². The van der Waals surface area contributed by atoms with Crippen LogP contribution in [0, 0.1) is 0 Å². The van der Waals surface area contributed by atoms with Gasteiger partial charge in [-0.15, -0.1) is 0 Å². The molecule has 0 heterocycles. The molecule has 0 aliphatic rings. The summed E-state index contributed by atoms with van der Waals surface area (Å²) in [6.45, 7) is 0.198. The minimum atomic E-state index is -0.902. The third kappa shape index (κ3) is 8.80. The Morgan fingerprint density at radius 2 is 1.96 bits per heavy atom. The summed E-state index contributed by atoms with van der Waals surface area (Å²) in [4.78, 5) is 22.6. The normalized spacial score (nSPS) is 13.1. The summed E-state index contributed by atoms with van der Waals surface area (Å²) in [5, 5.41) is 23.6. The molecule has 1 aromatic carbocycles. The highest BCUT2D eigenvalue weighted by atomic mass is 16.5. The number of amides is 2. The fourth-order valence-corrected chi connectivity index (χ4v) is 2.12. The Kier molecular flexibility index (Phi) is 8.71. The fourth-order valence-electron chi connectivity index (χ4n) is 2.12. The van der Waals surface area contributed by atoms with Crippen LogP contribution in [0.25, 0.3) is 0 Å².